The molecule has 0 saturated heterocycles. The maximum absolute atomic E-state index is 14.5. The van der Waals surface area contributed by atoms with Crippen LogP contribution in [0.25, 0.3) is 22.2 Å². The van der Waals surface area contributed by atoms with Crippen LogP contribution in [0.4, 0.5) is 4.39 Å². The molecule has 0 amide bonds. The van der Waals surface area contributed by atoms with Crippen LogP contribution < -0.4 is 15.2 Å². The summed E-state index contributed by atoms with van der Waals surface area (Å²) in [5.41, 5.74) is 1.80. The number of para-hydroxylation sites is 1. The molecule has 0 fully saturated rings. The molecule has 34 heavy (non-hydrogen) atoms. The second-order valence-electron chi connectivity index (χ2n) is 7.93. The van der Waals surface area contributed by atoms with Gasteiger partial charge in [0.05, 0.1) is 36.5 Å². The van der Waals surface area contributed by atoms with Gasteiger partial charge in [-0.25, -0.2) is 17.6 Å². The Hall–Kier alpha value is -3.59. The van der Waals surface area contributed by atoms with Gasteiger partial charge in [-0.1, -0.05) is 36.4 Å². The van der Waals surface area contributed by atoms with E-state index in [1.54, 1.807) is 54.6 Å². The molecule has 0 radical (unpaired) electrons. The van der Waals surface area contributed by atoms with Gasteiger partial charge in [-0.05, 0) is 36.8 Å². The lowest BCUT2D eigenvalue weighted by molar-refractivity contribution is 0.310. The summed E-state index contributed by atoms with van der Waals surface area (Å²) in [7, 11) is -1.98. The summed E-state index contributed by atoms with van der Waals surface area (Å²) < 4.78 is 51.7. The number of aromatic amines is 1. The molecule has 0 spiro atoms. The number of hydrogen-bond donors (Lipinski definition) is 1. The number of H-pyrrole nitrogens is 1. The Kier molecular flexibility index (Phi) is 6.47. The quantitative estimate of drug-likeness (QED) is 0.405. The van der Waals surface area contributed by atoms with Crippen LogP contribution in [-0.4, -0.2) is 43.7 Å². The maximum atomic E-state index is 14.5. The van der Waals surface area contributed by atoms with Crippen molar-refractivity contribution in [2.24, 2.45) is 0 Å². The number of aromatic nitrogens is 2. The van der Waals surface area contributed by atoms with Crippen molar-refractivity contribution >= 4 is 20.9 Å². The SMILES string of the molecule is CCOc1cc([C@@H](CS(C)(=O)=O)n2c(=O)[nH]c3c(-c4ccccc4F)cccc32)ccc1OC. The summed E-state index contributed by atoms with van der Waals surface area (Å²) in [4.78, 5) is 16.0. The Balaban J connectivity index is 1.96. The number of methoxy groups -OCH3 is 1. The van der Waals surface area contributed by atoms with Gasteiger partial charge in [0, 0.05) is 17.4 Å². The van der Waals surface area contributed by atoms with E-state index in [0.717, 1.165) is 6.26 Å². The van der Waals surface area contributed by atoms with Gasteiger partial charge in [0.15, 0.2) is 11.5 Å². The molecule has 1 atom stereocenters. The number of fused-ring (bicyclic) bond motifs is 1. The number of sulfone groups is 1. The highest BCUT2D eigenvalue weighted by molar-refractivity contribution is 7.90. The predicted molar refractivity (Wildman–Crippen MR) is 130 cm³/mol. The highest BCUT2D eigenvalue weighted by Gasteiger charge is 2.26. The van der Waals surface area contributed by atoms with Crippen molar-refractivity contribution in [2.45, 2.75) is 13.0 Å². The minimum Gasteiger partial charge on any atom is -0.493 e. The average Bonchev–Trinajstić information content (AvgIpc) is 3.13. The molecule has 1 heterocycles. The van der Waals surface area contributed by atoms with Crippen molar-refractivity contribution < 1.29 is 22.3 Å². The first-order valence-electron chi connectivity index (χ1n) is 10.7. The smallest absolute Gasteiger partial charge is 0.327 e. The van der Waals surface area contributed by atoms with Crippen molar-refractivity contribution in [3.8, 4) is 22.6 Å². The largest absolute Gasteiger partial charge is 0.493 e. The third-order valence-corrected chi connectivity index (χ3v) is 6.48. The van der Waals surface area contributed by atoms with Crippen molar-refractivity contribution in [3.63, 3.8) is 0 Å². The summed E-state index contributed by atoms with van der Waals surface area (Å²) in [6.07, 6.45) is 1.12. The lowest BCUT2D eigenvalue weighted by atomic mass is 10.0. The number of ether oxygens (including phenoxy) is 2. The van der Waals surface area contributed by atoms with Gasteiger partial charge in [-0.2, -0.15) is 0 Å². The van der Waals surface area contributed by atoms with E-state index < -0.39 is 27.4 Å². The molecule has 1 aromatic heterocycles. The van der Waals surface area contributed by atoms with E-state index in [2.05, 4.69) is 4.98 Å². The molecule has 1 N–H and O–H groups in total. The second-order valence-corrected chi connectivity index (χ2v) is 10.1. The van der Waals surface area contributed by atoms with E-state index in [0.29, 0.717) is 45.8 Å². The third-order valence-electron chi connectivity index (χ3n) is 5.56. The van der Waals surface area contributed by atoms with E-state index in [9.17, 15) is 17.6 Å². The summed E-state index contributed by atoms with van der Waals surface area (Å²) >= 11 is 0. The van der Waals surface area contributed by atoms with Crippen LogP contribution in [0.3, 0.4) is 0 Å². The molecule has 0 aliphatic heterocycles. The Bertz CT molecular complexity index is 1510. The van der Waals surface area contributed by atoms with Crippen molar-refractivity contribution in [3.05, 3.63) is 82.5 Å². The molecule has 3 aromatic carbocycles. The van der Waals surface area contributed by atoms with Crippen LogP contribution in [0.1, 0.15) is 18.5 Å². The van der Waals surface area contributed by atoms with Crippen molar-refractivity contribution in [1.82, 2.24) is 9.55 Å². The second kappa shape index (κ2) is 9.34. The Morgan fingerprint density at radius 1 is 1.03 bits per heavy atom. The van der Waals surface area contributed by atoms with Gasteiger partial charge in [-0.15, -0.1) is 0 Å². The summed E-state index contributed by atoms with van der Waals surface area (Å²) in [6.45, 7) is 2.21. The molecule has 4 rings (SSSR count). The highest BCUT2D eigenvalue weighted by Crippen LogP contribution is 2.34. The normalized spacial score (nSPS) is 12.6. The van der Waals surface area contributed by atoms with Gasteiger partial charge in [0.1, 0.15) is 15.7 Å². The predicted octanol–water partition coefficient (Wildman–Crippen LogP) is 4.18. The van der Waals surface area contributed by atoms with E-state index >= 15 is 0 Å². The number of hydrogen-bond acceptors (Lipinski definition) is 5. The number of nitrogens with zero attached hydrogens (tertiary/aromatic N) is 1. The zero-order valence-corrected chi connectivity index (χ0v) is 19.9. The molecule has 0 aliphatic carbocycles. The molecule has 0 bridgehead atoms. The van der Waals surface area contributed by atoms with Crippen LogP contribution in [0, 0.1) is 5.82 Å². The molecule has 0 unspecified atom stereocenters. The first kappa shape index (κ1) is 23.6. The topological polar surface area (TPSA) is 90.4 Å². The zero-order chi connectivity index (χ0) is 24.5. The molecule has 178 valence electrons. The van der Waals surface area contributed by atoms with Crippen LogP contribution in [0.2, 0.25) is 0 Å². The number of nitrogens with one attached hydrogen (secondary N) is 1. The summed E-state index contributed by atoms with van der Waals surface area (Å²) in [5.74, 6) is 0.201. The lowest BCUT2D eigenvalue weighted by Crippen LogP contribution is -2.28. The van der Waals surface area contributed by atoms with Gasteiger partial charge in [0.25, 0.3) is 0 Å². The fraction of sp³-hybridized carbons (Fsp3) is 0.240. The number of rotatable bonds is 8. The molecule has 7 nitrogen and oxygen atoms in total. The third kappa shape index (κ3) is 4.56. The molecular formula is C25H25FN2O5S. The number of imidazole rings is 1. The average molecular weight is 485 g/mol. The molecule has 0 saturated carbocycles. The van der Waals surface area contributed by atoms with E-state index in [1.165, 1.54) is 17.7 Å². The molecule has 4 aromatic rings. The van der Waals surface area contributed by atoms with Crippen LogP contribution >= 0.6 is 0 Å². The highest BCUT2D eigenvalue weighted by atomic mass is 32.2. The lowest BCUT2D eigenvalue weighted by Gasteiger charge is -2.20. The number of benzene rings is 3. The summed E-state index contributed by atoms with van der Waals surface area (Å²) in [6, 6.07) is 15.6. The van der Waals surface area contributed by atoms with E-state index in [4.69, 9.17) is 9.47 Å². The summed E-state index contributed by atoms with van der Waals surface area (Å²) in [5, 5.41) is 0. The van der Waals surface area contributed by atoms with Gasteiger partial charge < -0.3 is 14.5 Å². The Morgan fingerprint density at radius 2 is 1.76 bits per heavy atom. The van der Waals surface area contributed by atoms with Crippen molar-refractivity contribution in [2.75, 3.05) is 25.7 Å². The standard InChI is InChI=1S/C25H25FN2O5S/c1-4-33-23-14-16(12-13-22(23)32-2)21(15-34(3,30)31)28-20-11-7-9-18(24(20)27-25(28)29)17-8-5-6-10-19(17)26/h5-14,21H,4,15H2,1-3H3,(H,27,29)/t21-/m1/s1. The fourth-order valence-electron chi connectivity index (χ4n) is 4.14. The van der Waals surface area contributed by atoms with E-state index in [1.807, 2.05) is 6.92 Å². The van der Waals surface area contributed by atoms with Gasteiger partial charge in [-0.3, -0.25) is 4.57 Å². The van der Waals surface area contributed by atoms with Gasteiger partial charge >= 0.3 is 5.69 Å². The first-order chi connectivity index (χ1) is 16.2. The van der Waals surface area contributed by atoms with Crippen LogP contribution in [0.5, 0.6) is 11.5 Å². The number of halogens is 1. The molecule has 9 heteroatoms. The first-order valence-corrected chi connectivity index (χ1v) is 12.8. The van der Waals surface area contributed by atoms with Crippen LogP contribution in [-0.2, 0) is 9.84 Å². The zero-order valence-electron chi connectivity index (χ0n) is 19.0. The monoisotopic (exact) mass is 484 g/mol. The van der Waals surface area contributed by atoms with E-state index in [-0.39, 0.29) is 5.75 Å². The minimum atomic E-state index is -3.50. The molecular weight excluding hydrogens is 459 g/mol. The Labute approximate surface area is 196 Å². The fourth-order valence-corrected chi connectivity index (χ4v) is 5.05. The van der Waals surface area contributed by atoms with Gasteiger partial charge in [0.2, 0.25) is 0 Å². The molecule has 0 aliphatic rings. The Morgan fingerprint density at radius 3 is 2.44 bits per heavy atom. The van der Waals surface area contributed by atoms with Crippen LogP contribution in [0.15, 0.2) is 65.5 Å². The minimum absolute atomic E-state index is 0.318. The van der Waals surface area contributed by atoms with Crippen molar-refractivity contribution in [1.29, 1.82) is 0 Å². The maximum Gasteiger partial charge on any atom is 0.327 e.